The molecule has 9 nitrogen and oxygen atoms in total. The Labute approximate surface area is 206 Å². The van der Waals surface area contributed by atoms with Gasteiger partial charge in [-0.3, -0.25) is 19.0 Å². The van der Waals surface area contributed by atoms with Gasteiger partial charge in [0, 0.05) is 63.0 Å². The maximum Gasteiger partial charge on any atom is 0.275 e. The van der Waals surface area contributed by atoms with E-state index in [1.807, 2.05) is 0 Å². The van der Waals surface area contributed by atoms with Crippen molar-refractivity contribution in [3.8, 4) is 5.75 Å². The highest BCUT2D eigenvalue weighted by Crippen LogP contribution is 2.39. The number of pyridine rings is 1. The minimum atomic E-state index is -0.911. The van der Waals surface area contributed by atoms with Crippen LogP contribution in [-0.2, 0) is 19.1 Å². The first-order valence-electron chi connectivity index (χ1n) is 11.7. The predicted molar refractivity (Wildman–Crippen MR) is 124 cm³/mol. The first-order chi connectivity index (χ1) is 17.3. The molecule has 5 rings (SSSR count). The molecular formula is C25H27F2N3O6. The molecule has 2 aromatic rings. The van der Waals surface area contributed by atoms with Crippen LogP contribution in [0.3, 0.4) is 0 Å². The van der Waals surface area contributed by atoms with Gasteiger partial charge in [-0.1, -0.05) is 0 Å². The second-order valence-corrected chi connectivity index (χ2v) is 9.67. The van der Waals surface area contributed by atoms with Crippen molar-refractivity contribution in [3.63, 3.8) is 0 Å². The van der Waals surface area contributed by atoms with Crippen LogP contribution in [-0.4, -0.2) is 75.0 Å². The van der Waals surface area contributed by atoms with E-state index in [0.717, 1.165) is 12.1 Å². The second-order valence-electron chi connectivity index (χ2n) is 9.67. The van der Waals surface area contributed by atoms with Crippen LogP contribution in [0.2, 0.25) is 0 Å². The predicted octanol–water partition coefficient (Wildman–Crippen LogP) is 1.70. The van der Waals surface area contributed by atoms with Crippen molar-refractivity contribution < 1.29 is 32.6 Å². The molecule has 0 N–H and O–H groups in total. The number of likely N-dealkylation sites (tertiary alicyclic amines) is 1. The van der Waals surface area contributed by atoms with Crippen LogP contribution in [0.4, 0.5) is 14.5 Å². The molecule has 1 aromatic carbocycles. The number of hydrogen-bond acceptors (Lipinski definition) is 6. The standard InChI is InChI=1S/C25H27F2N3O6/c1-34-10-20(23(32)28-11-25(12-28)13-36-14-25)29-5-3-4-19(24(29)33)30-9-15(6-21(30)31)22-17(26)7-16(35-2)8-18(22)27/h3-5,7-8,15,20H,6,9-14H2,1-2H3. The van der Waals surface area contributed by atoms with E-state index < -0.39 is 35.1 Å². The molecule has 1 aromatic heterocycles. The Hall–Kier alpha value is -3.31. The molecule has 3 saturated heterocycles. The van der Waals surface area contributed by atoms with E-state index in [0.29, 0.717) is 26.3 Å². The van der Waals surface area contributed by atoms with Crippen LogP contribution in [0.15, 0.2) is 35.3 Å². The lowest BCUT2D eigenvalue weighted by molar-refractivity contribution is -0.197. The fourth-order valence-electron chi connectivity index (χ4n) is 5.28. The van der Waals surface area contributed by atoms with Crippen LogP contribution >= 0.6 is 0 Å². The quantitative estimate of drug-likeness (QED) is 0.572. The van der Waals surface area contributed by atoms with Gasteiger partial charge in [0.25, 0.3) is 5.56 Å². The number of ether oxygens (including phenoxy) is 3. The van der Waals surface area contributed by atoms with Gasteiger partial charge in [0.2, 0.25) is 11.8 Å². The first-order valence-corrected chi connectivity index (χ1v) is 11.7. The Morgan fingerprint density at radius 3 is 2.47 bits per heavy atom. The van der Waals surface area contributed by atoms with Crippen LogP contribution in [0.25, 0.3) is 0 Å². The largest absolute Gasteiger partial charge is 0.497 e. The second kappa shape index (κ2) is 9.29. The van der Waals surface area contributed by atoms with Crippen molar-refractivity contribution in [2.75, 3.05) is 58.6 Å². The summed E-state index contributed by atoms with van der Waals surface area (Å²) in [6.45, 7) is 2.26. The third kappa shape index (κ3) is 4.05. The molecule has 2 atom stereocenters. The summed E-state index contributed by atoms with van der Waals surface area (Å²) in [5.74, 6) is -3.06. The number of nitrogens with zero attached hydrogens (tertiary/aromatic N) is 3. The molecule has 36 heavy (non-hydrogen) atoms. The molecule has 11 heteroatoms. The van der Waals surface area contributed by atoms with Gasteiger partial charge in [0.1, 0.15) is 29.1 Å². The van der Waals surface area contributed by atoms with E-state index in [2.05, 4.69) is 0 Å². The fourth-order valence-corrected chi connectivity index (χ4v) is 5.28. The van der Waals surface area contributed by atoms with E-state index in [4.69, 9.17) is 14.2 Å². The van der Waals surface area contributed by atoms with Crippen LogP contribution in [0.1, 0.15) is 23.9 Å². The molecule has 3 fully saturated rings. The van der Waals surface area contributed by atoms with E-state index in [1.165, 1.54) is 35.9 Å². The molecular weight excluding hydrogens is 476 g/mol. The molecule has 0 radical (unpaired) electrons. The van der Waals surface area contributed by atoms with Crippen molar-refractivity contribution in [1.82, 2.24) is 9.47 Å². The summed E-state index contributed by atoms with van der Waals surface area (Å²) in [4.78, 5) is 42.5. The number of amides is 2. The van der Waals surface area contributed by atoms with Gasteiger partial charge in [-0.2, -0.15) is 0 Å². The lowest BCUT2D eigenvalue weighted by atomic mass is 9.78. The highest BCUT2D eigenvalue weighted by Gasteiger charge is 2.51. The molecule has 0 aliphatic carbocycles. The summed E-state index contributed by atoms with van der Waals surface area (Å²) >= 11 is 0. The van der Waals surface area contributed by atoms with Gasteiger partial charge in [-0.25, -0.2) is 8.78 Å². The fraction of sp³-hybridized carbons (Fsp3) is 0.480. The van der Waals surface area contributed by atoms with E-state index >= 15 is 0 Å². The summed E-state index contributed by atoms with van der Waals surface area (Å²) in [6, 6.07) is 4.26. The molecule has 3 aliphatic heterocycles. The normalized spacial score (nSPS) is 21.3. The summed E-state index contributed by atoms with van der Waals surface area (Å²) < 4.78 is 46.0. The molecule has 192 valence electrons. The highest BCUT2D eigenvalue weighted by atomic mass is 19.1. The number of anilines is 1. The summed E-state index contributed by atoms with van der Waals surface area (Å²) in [6.07, 6.45) is 1.32. The van der Waals surface area contributed by atoms with Crippen molar-refractivity contribution in [3.05, 3.63) is 58.0 Å². The molecule has 2 unspecified atom stereocenters. The monoisotopic (exact) mass is 503 g/mol. The van der Waals surface area contributed by atoms with Gasteiger partial charge >= 0.3 is 0 Å². The van der Waals surface area contributed by atoms with Crippen LogP contribution in [0, 0.1) is 17.0 Å². The SMILES string of the molecule is COCC(C(=O)N1CC2(COC2)C1)n1cccc(N2CC(c3c(F)cc(OC)cc3F)CC2=O)c1=O. The zero-order valence-electron chi connectivity index (χ0n) is 20.0. The highest BCUT2D eigenvalue weighted by molar-refractivity contribution is 5.96. The minimum absolute atomic E-state index is 0.0169. The Morgan fingerprint density at radius 1 is 1.19 bits per heavy atom. The van der Waals surface area contributed by atoms with Gasteiger partial charge < -0.3 is 24.0 Å². The maximum atomic E-state index is 14.6. The third-order valence-corrected chi connectivity index (χ3v) is 7.19. The Morgan fingerprint density at radius 2 is 1.89 bits per heavy atom. The van der Waals surface area contributed by atoms with Gasteiger partial charge in [-0.15, -0.1) is 0 Å². The number of halogens is 2. The number of benzene rings is 1. The average Bonchev–Trinajstić information content (AvgIpc) is 3.16. The zero-order chi connectivity index (χ0) is 25.6. The lowest BCUT2D eigenvalue weighted by Gasteiger charge is -2.55. The molecule has 3 aliphatic rings. The minimum Gasteiger partial charge on any atom is -0.497 e. The Bertz CT molecular complexity index is 1230. The Balaban J connectivity index is 1.40. The first kappa shape index (κ1) is 24.4. The summed E-state index contributed by atoms with van der Waals surface area (Å²) in [5.41, 5.74) is -0.717. The van der Waals surface area contributed by atoms with Crippen molar-refractivity contribution in [2.45, 2.75) is 18.4 Å². The number of aromatic nitrogens is 1. The smallest absolute Gasteiger partial charge is 0.275 e. The molecule has 0 saturated carbocycles. The van der Waals surface area contributed by atoms with Crippen LogP contribution in [0.5, 0.6) is 5.75 Å². The molecule has 1 spiro atoms. The van der Waals surface area contributed by atoms with E-state index in [-0.39, 0.29) is 47.9 Å². The number of rotatable bonds is 7. The van der Waals surface area contributed by atoms with Gasteiger partial charge in [0.15, 0.2) is 0 Å². The summed E-state index contributed by atoms with van der Waals surface area (Å²) in [5, 5.41) is 0. The van der Waals surface area contributed by atoms with Crippen molar-refractivity contribution in [2.24, 2.45) is 5.41 Å². The average molecular weight is 504 g/mol. The van der Waals surface area contributed by atoms with Gasteiger partial charge in [-0.05, 0) is 12.1 Å². The van der Waals surface area contributed by atoms with E-state index in [1.54, 1.807) is 11.0 Å². The van der Waals surface area contributed by atoms with E-state index in [9.17, 15) is 23.2 Å². The Kier molecular flexibility index (Phi) is 6.29. The molecule has 2 amide bonds. The number of carbonyl (C=O) groups excluding carboxylic acids is 2. The molecule has 0 bridgehead atoms. The van der Waals surface area contributed by atoms with Crippen LogP contribution < -0.4 is 15.2 Å². The van der Waals surface area contributed by atoms with Crippen molar-refractivity contribution in [1.29, 1.82) is 0 Å². The topological polar surface area (TPSA) is 90.3 Å². The van der Waals surface area contributed by atoms with Gasteiger partial charge in [0.05, 0.1) is 32.3 Å². The number of hydrogen-bond donors (Lipinski definition) is 0. The third-order valence-electron chi connectivity index (χ3n) is 7.19. The number of carbonyl (C=O) groups is 2. The molecule has 4 heterocycles. The lowest BCUT2D eigenvalue weighted by Crippen LogP contribution is -2.68. The maximum absolute atomic E-state index is 14.6. The van der Waals surface area contributed by atoms with Crippen molar-refractivity contribution >= 4 is 17.5 Å². The zero-order valence-corrected chi connectivity index (χ0v) is 20.0. The summed E-state index contributed by atoms with van der Waals surface area (Å²) in [7, 11) is 2.75. The number of methoxy groups -OCH3 is 2.